The first-order valence-corrected chi connectivity index (χ1v) is 8.90. The van der Waals surface area contributed by atoms with Gasteiger partial charge in [-0.2, -0.15) is 0 Å². The molecule has 0 aliphatic rings. The van der Waals surface area contributed by atoms with Gasteiger partial charge in [0.05, 0.1) is 0 Å². The molecule has 0 N–H and O–H groups in total. The highest BCUT2D eigenvalue weighted by Crippen LogP contribution is 2.43. The Bertz CT molecular complexity index is 408. The summed E-state index contributed by atoms with van der Waals surface area (Å²) >= 11 is 0. The van der Waals surface area contributed by atoms with Crippen molar-refractivity contribution in [2.45, 2.75) is 91.9 Å². The summed E-state index contributed by atoms with van der Waals surface area (Å²) in [4.78, 5) is 0. The lowest BCUT2D eigenvalue weighted by Gasteiger charge is -2.42. The molecular formula is C21H36. The molecule has 1 unspecified atom stereocenters. The summed E-state index contributed by atoms with van der Waals surface area (Å²) in [5.74, 6) is 0.737. The van der Waals surface area contributed by atoms with E-state index in [-0.39, 0.29) is 5.41 Å². The summed E-state index contributed by atoms with van der Waals surface area (Å²) in [7, 11) is 0. The Morgan fingerprint density at radius 3 is 1.90 bits per heavy atom. The van der Waals surface area contributed by atoms with E-state index in [2.05, 4.69) is 72.7 Å². The lowest BCUT2D eigenvalue weighted by atomic mass is 9.63. The summed E-state index contributed by atoms with van der Waals surface area (Å²) in [6, 6.07) is 9.52. The summed E-state index contributed by atoms with van der Waals surface area (Å²) in [6.45, 7) is 16.4. The van der Waals surface area contributed by atoms with Gasteiger partial charge in [0.15, 0.2) is 0 Å². The molecule has 0 heteroatoms. The minimum atomic E-state index is 0.214. The average molecular weight is 289 g/mol. The standard InChI is InChI=1S/C21H36/c1-8-11-12-17(9-2)18-13-15-19(16-14-18)21(6,7)20(4,5)10-3/h13-17H,8-12H2,1-7H3. The quantitative estimate of drug-likeness (QED) is 0.479. The Morgan fingerprint density at radius 2 is 1.48 bits per heavy atom. The summed E-state index contributed by atoms with van der Waals surface area (Å²) in [5.41, 5.74) is 3.54. The summed E-state index contributed by atoms with van der Waals surface area (Å²) in [6.07, 6.45) is 6.43. The maximum absolute atomic E-state index is 2.39. The monoisotopic (exact) mass is 288 g/mol. The highest BCUT2D eigenvalue weighted by atomic mass is 14.4. The van der Waals surface area contributed by atoms with Crippen molar-refractivity contribution in [1.82, 2.24) is 0 Å². The van der Waals surface area contributed by atoms with E-state index in [1.165, 1.54) is 43.2 Å². The van der Waals surface area contributed by atoms with E-state index in [4.69, 9.17) is 0 Å². The Labute approximate surface area is 133 Å². The lowest BCUT2D eigenvalue weighted by molar-refractivity contribution is 0.189. The molecule has 0 aromatic heterocycles. The molecule has 0 nitrogen and oxygen atoms in total. The van der Waals surface area contributed by atoms with Gasteiger partial charge in [0.25, 0.3) is 0 Å². The first-order valence-electron chi connectivity index (χ1n) is 8.90. The van der Waals surface area contributed by atoms with E-state index in [0.29, 0.717) is 5.41 Å². The molecule has 0 aliphatic carbocycles. The zero-order valence-corrected chi connectivity index (χ0v) is 15.4. The fourth-order valence-corrected chi connectivity index (χ4v) is 3.06. The third kappa shape index (κ3) is 4.11. The predicted octanol–water partition coefficient (Wildman–Crippen LogP) is 7.08. The van der Waals surface area contributed by atoms with Gasteiger partial charge in [0.2, 0.25) is 0 Å². The van der Waals surface area contributed by atoms with Crippen molar-refractivity contribution in [3.8, 4) is 0 Å². The van der Waals surface area contributed by atoms with Crippen LogP contribution < -0.4 is 0 Å². The fourth-order valence-electron chi connectivity index (χ4n) is 3.06. The van der Waals surface area contributed by atoms with Gasteiger partial charge in [-0.25, -0.2) is 0 Å². The Balaban J connectivity index is 2.96. The summed E-state index contributed by atoms with van der Waals surface area (Å²) in [5, 5.41) is 0. The average Bonchev–Trinajstić information content (AvgIpc) is 2.48. The minimum Gasteiger partial charge on any atom is -0.0654 e. The van der Waals surface area contributed by atoms with Gasteiger partial charge >= 0.3 is 0 Å². The molecule has 0 saturated carbocycles. The van der Waals surface area contributed by atoms with Crippen molar-refractivity contribution in [3.63, 3.8) is 0 Å². The Hall–Kier alpha value is -0.780. The molecule has 1 atom stereocenters. The molecular weight excluding hydrogens is 252 g/mol. The minimum absolute atomic E-state index is 0.214. The molecule has 0 radical (unpaired) electrons. The molecule has 21 heavy (non-hydrogen) atoms. The van der Waals surface area contributed by atoms with Gasteiger partial charge in [0.1, 0.15) is 0 Å². The van der Waals surface area contributed by atoms with Crippen LogP contribution in [0.3, 0.4) is 0 Å². The molecule has 1 aromatic carbocycles. The normalized spacial score (nSPS) is 14.2. The molecule has 0 fully saturated rings. The van der Waals surface area contributed by atoms with E-state index in [1.54, 1.807) is 0 Å². The zero-order valence-electron chi connectivity index (χ0n) is 15.4. The van der Waals surface area contributed by atoms with Crippen molar-refractivity contribution in [3.05, 3.63) is 35.4 Å². The van der Waals surface area contributed by atoms with Gasteiger partial charge in [-0.1, -0.05) is 92.0 Å². The second kappa shape index (κ2) is 7.47. The van der Waals surface area contributed by atoms with Crippen LogP contribution in [-0.4, -0.2) is 0 Å². The third-order valence-corrected chi connectivity index (χ3v) is 6.08. The molecule has 1 aromatic rings. The van der Waals surface area contributed by atoms with Crippen molar-refractivity contribution in [2.75, 3.05) is 0 Å². The van der Waals surface area contributed by atoms with Gasteiger partial charge in [-0.15, -0.1) is 0 Å². The number of rotatable bonds is 8. The Kier molecular flexibility index (Phi) is 6.50. The highest BCUT2D eigenvalue weighted by molar-refractivity contribution is 5.31. The predicted molar refractivity (Wildman–Crippen MR) is 96.1 cm³/mol. The molecule has 120 valence electrons. The smallest absolute Gasteiger partial charge is 0.00525 e. The molecule has 0 aliphatic heterocycles. The van der Waals surface area contributed by atoms with Crippen molar-refractivity contribution in [2.24, 2.45) is 5.41 Å². The first-order chi connectivity index (χ1) is 9.80. The van der Waals surface area contributed by atoms with Crippen LogP contribution in [0.25, 0.3) is 0 Å². The van der Waals surface area contributed by atoms with Crippen LogP contribution in [0.5, 0.6) is 0 Å². The van der Waals surface area contributed by atoms with Crippen LogP contribution in [0.1, 0.15) is 97.6 Å². The number of hydrogen-bond donors (Lipinski definition) is 0. The maximum atomic E-state index is 2.39. The molecule has 0 spiro atoms. The summed E-state index contributed by atoms with van der Waals surface area (Å²) < 4.78 is 0. The van der Waals surface area contributed by atoms with Crippen LogP contribution in [0, 0.1) is 5.41 Å². The van der Waals surface area contributed by atoms with Crippen molar-refractivity contribution >= 4 is 0 Å². The number of benzene rings is 1. The van der Waals surface area contributed by atoms with Gasteiger partial charge in [-0.05, 0) is 40.7 Å². The molecule has 1 rings (SSSR count). The second-order valence-corrected chi connectivity index (χ2v) is 7.73. The zero-order chi connectivity index (χ0) is 16.1. The van der Waals surface area contributed by atoms with E-state index < -0.39 is 0 Å². The van der Waals surface area contributed by atoms with Crippen molar-refractivity contribution < 1.29 is 0 Å². The van der Waals surface area contributed by atoms with Crippen LogP contribution in [0.4, 0.5) is 0 Å². The van der Waals surface area contributed by atoms with Crippen LogP contribution in [0.2, 0.25) is 0 Å². The van der Waals surface area contributed by atoms with Crippen molar-refractivity contribution in [1.29, 1.82) is 0 Å². The van der Waals surface area contributed by atoms with E-state index in [9.17, 15) is 0 Å². The van der Waals surface area contributed by atoms with E-state index >= 15 is 0 Å². The molecule has 0 heterocycles. The third-order valence-electron chi connectivity index (χ3n) is 6.08. The SMILES string of the molecule is CCCCC(CC)c1ccc(C(C)(C)C(C)(C)CC)cc1. The van der Waals surface area contributed by atoms with Gasteiger partial charge in [0, 0.05) is 0 Å². The number of hydrogen-bond acceptors (Lipinski definition) is 0. The van der Waals surface area contributed by atoms with Crippen LogP contribution in [-0.2, 0) is 5.41 Å². The Morgan fingerprint density at radius 1 is 0.905 bits per heavy atom. The molecule has 0 amide bonds. The maximum Gasteiger partial charge on any atom is -0.00525 e. The van der Waals surface area contributed by atoms with Crippen LogP contribution in [0.15, 0.2) is 24.3 Å². The van der Waals surface area contributed by atoms with E-state index in [1.807, 2.05) is 0 Å². The van der Waals surface area contributed by atoms with Crippen LogP contribution >= 0.6 is 0 Å². The second-order valence-electron chi connectivity index (χ2n) is 7.73. The largest absolute Gasteiger partial charge is 0.0654 e. The fraction of sp³-hybridized carbons (Fsp3) is 0.714. The number of unbranched alkanes of at least 4 members (excludes halogenated alkanes) is 1. The van der Waals surface area contributed by atoms with E-state index in [0.717, 1.165) is 5.92 Å². The van der Waals surface area contributed by atoms with Gasteiger partial charge in [-0.3, -0.25) is 0 Å². The molecule has 0 saturated heterocycles. The molecule has 0 bridgehead atoms. The first kappa shape index (κ1) is 18.3. The topological polar surface area (TPSA) is 0 Å². The highest BCUT2D eigenvalue weighted by Gasteiger charge is 2.36. The van der Waals surface area contributed by atoms with Gasteiger partial charge < -0.3 is 0 Å². The lowest BCUT2D eigenvalue weighted by Crippen LogP contribution is -2.36.